The molecule has 2 aromatic rings. The topological polar surface area (TPSA) is 109 Å². The van der Waals surface area contributed by atoms with E-state index in [9.17, 15) is 18.0 Å². The Morgan fingerprint density at radius 1 is 1.18 bits per heavy atom. The first-order valence-electron chi connectivity index (χ1n) is 11.2. The summed E-state index contributed by atoms with van der Waals surface area (Å²) in [5, 5.41) is 2.91. The van der Waals surface area contributed by atoms with Crippen molar-refractivity contribution in [3.05, 3.63) is 47.9 Å². The van der Waals surface area contributed by atoms with Crippen molar-refractivity contribution in [2.75, 3.05) is 37.7 Å². The summed E-state index contributed by atoms with van der Waals surface area (Å²) in [7, 11) is -3.64. The molecule has 2 aliphatic rings. The highest BCUT2D eigenvalue weighted by molar-refractivity contribution is 7.89. The van der Waals surface area contributed by atoms with Gasteiger partial charge in [0, 0.05) is 37.7 Å². The van der Waals surface area contributed by atoms with E-state index in [1.165, 1.54) is 15.3 Å². The first-order chi connectivity index (χ1) is 15.8. The Balaban J connectivity index is 1.50. The van der Waals surface area contributed by atoms with E-state index < -0.39 is 10.0 Å². The number of sulfonamides is 1. The first kappa shape index (κ1) is 23.5. The van der Waals surface area contributed by atoms with Gasteiger partial charge in [0.25, 0.3) is 0 Å². The maximum atomic E-state index is 13.1. The van der Waals surface area contributed by atoms with Crippen LogP contribution in [0.4, 0.5) is 5.69 Å². The van der Waals surface area contributed by atoms with Crippen LogP contribution in [0.2, 0.25) is 0 Å². The number of anilines is 1. The third kappa shape index (κ3) is 5.45. The summed E-state index contributed by atoms with van der Waals surface area (Å²) in [5.74, 6) is 0.347. The summed E-state index contributed by atoms with van der Waals surface area (Å²) in [4.78, 5) is 27.1. The van der Waals surface area contributed by atoms with Gasteiger partial charge in [-0.1, -0.05) is 0 Å². The fourth-order valence-electron chi connectivity index (χ4n) is 4.24. The Kier molecular flexibility index (Phi) is 7.16. The second-order valence-corrected chi connectivity index (χ2v) is 10.3. The lowest BCUT2D eigenvalue weighted by Gasteiger charge is -2.27. The molecule has 0 aliphatic carbocycles. The average Bonchev–Trinajstić information content (AvgIpc) is 3.25. The second kappa shape index (κ2) is 10.1. The van der Waals surface area contributed by atoms with Crippen molar-refractivity contribution in [1.82, 2.24) is 9.62 Å². The van der Waals surface area contributed by atoms with Gasteiger partial charge in [0.1, 0.15) is 12.3 Å². The van der Waals surface area contributed by atoms with E-state index in [-0.39, 0.29) is 29.3 Å². The molecule has 1 fully saturated rings. The van der Waals surface area contributed by atoms with E-state index in [2.05, 4.69) is 5.32 Å². The van der Waals surface area contributed by atoms with Crippen molar-refractivity contribution in [1.29, 1.82) is 0 Å². The van der Waals surface area contributed by atoms with E-state index in [1.54, 1.807) is 24.5 Å². The quantitative estimate of drug-likeness (QED) is 0.653. The Morgan fingerprint density at radius 2 is 1.97 bits per heavy atom. The standard InChI is InChI=1S/C23H29N3O6S/c1-17(14-19-5-3-11-32-19)24-22(27)16-26-21-8-7-20(15-18(21)4-2-6-23(26)28)33(29,30)25-9-12-31-13-10-25/h3,5,7-8,11,15,17H,2,4,6,9-10,12-14,16H2,1H3,(H,24,27). The van der Waals surface area contributed by atoms with Crippen LogP contribution in [0.3, 0.4) is 0 Å². The third-order valence-electron chi connectivity index (χ3n) is 5.88. The van der Waals surface area contributed by atoms with Gasteiger partial charge in [-0.3, -0.25) is 9.59 Å². The maximum absolute atomic E-state index is 13.1. The molecule has 1 N–H and O–H groups in total. The largest absolute Gasteiger partial charge is 0.469 e. The molecule has 3 heterocycles. The van der Waals surface area contributed by atoms with Gasteiger partial charge in [-0.05, 0) is 55.7 Å². The normalized spacial score (nSPS) is 18.5. The molecule has 10 heteroatoms. The minimum absolute atomic E-state index is 0.121. The van der Waals surface area contributed by atoms with Crippen molar-refractivity contribution in [2.24, 2.45) is 0 Å². The number of carbonyl (C=O) groups is 2. The summed E-state index contributed by atoms with van der Waals surface area (Å²) in [5.41, 5.74) is 1.35. The summed E-state index contributed by atoms with van der Waals surface area (Å²) in [6.45, 7) is 3.14. The molecule has 4 rings (SSSR count). The van der Waals surface area contributed by atoms with E-state index in [4.69, 9.17) is 9.15 Å². The van der Waals surface area contributed by atoms with Crippen molar-refractivity contribution in [3.8, 4) is 0 Å². The molecule has 0 bridgehead atoms. The smallest absolute Gasteiger partial charge is 0.243 e. The molecule has 1 aromatic carbocycles. The molecule has 1 unspecified atom stereocenters. The monoisotopic (exact) mass is 475 g/mol. The van der Waals surface area contributed by atoms with Gasteiger partial charge in [0.05, 0.1) is 24.4 Å². The molecule has 1 aromatic heterocycles. The zero-order valence-electron chi connectivity index (χ0n) is 18.7. The molecule has 0 saturated carbocycles. The fourth-order valence-corrected chi connectivity index (χ4v) is 5.70. The van der Waals surface area contributed by atoms with Gasteiger partial charge in [-0.2, -0.15) is 4.31 Å². The third-order valence-corrected chi connectivity index (χ3v) is 7.78. The van der Waals surface area contributed by atoms with Crippen molar-refractivity contribution >= 4 is 27.5 Å². The predicted octanol–water partition coefficient (Wildman–Crippen LogP) is 1.72. The number of morpholine rings is 1. The highest BCUT2D eigenvalue weighted by atomic mass is 32.2. The number of benzene rings is 1. The van der Waals surface area contributed by atoms with E-state index >= 15 is 0 Å². The molecule has 33 heavy (non-hydrogen) atoms. The van der Waals surface area contributed by atoms with Crippen LogP contribution >= 0.6 is 0 Å². The Bertz CT molecular complexity index is 1090. The number of hydrogen-bond acceptors (Lipinski definition) is 6. The van der Waals surface area contributed by atoms with E-state index in [0.29, 0.717) is 57.7 Å². The SMILES string of the molecule is CC(Cc1ccco1)NC(=O)CN1C(=O)CCCc2cc(S(=O)(=O)N3CCOCC3)ccc21. The molecule has 2 aliphatic heterocycles. The summed E-state index contributed by atoms with van der Waals surface area (Å²) in [6.07, 6.45) is 3.60. The molecule has 1 saturated heterocycles. The number of carbonyl (C=O) groups excluding carboxylic acids is 2. The van der Waals surface area contributed by atoms with Crippen LogP contribution < -0.4 is 10.2 Å². The van der Waals surface area contributed by atoms with Crippen LogP contribution in [0, 0.1) is 0 Å². The van der Waals surface area contributed by atoms with Gasteiger partial charge in [0.2, 0.25) is 21.8 Å². The highest BCUT2D eigenvalue weighted by Crippen LogP contribution is 2.30. The van der Waals surface area contributed by atoms with Crippen LogP contribution in [-0.4, -0.2) is 63.4 Å². The maximum Gasteiger partial charge on any atom is 0.243 e. The van der Waals surface area contributed by atoms with Gasteiger partial charge in [-0.25, -0.2) is 8.42 Å². The number of ether oxygens (including phenoxy) is 1. The first-order valence-corrected chi connectivity index (χ1v) is 12.6. The molecule has 0 spiro atoms. The number of fused-ring (bicyclic) bond motifs is 1. The zero-order valence-corrected chi connectivity index (χ0v) is 19.5. The predicted molar refractivity (Wildman–Crippen MR) is 121 cm³/mol. The Morgan fingerprint density at radius 3 is 2.70 bits per heavy atom. The van der Waals surface area contributed by atoms with Crippen LogP contribution in [0.15, 0.2) is 45.9 Å². The van der Waals surface area contributed by atoms with Crippen LogP contribution in [0.25, 0.3) is 0 Å². The Hall–Kier alpha value is -2.69. The lowest BCUT2D eigenvalue weighted by atomic mass is 10.1. The van der Waals surface area contributed by atoms with Gasteiger partial charge in [0.15, 0.2) is 0 Å². The molecule has 2 amide bonds. The number of rotatable bonds is 7. The Labute approximate surface area is 193 Å². The lowest BCUT2D eigenvalue weighted by molar-refractivity contribution is -0.124. The van der Waals surface area contributed by atoms with Crippen molar-refractivity contribution in [2.45, 2.75) is 43.5 Å². The molecule has 9 nitrogen and oxygen atoms in total. The van der Waals surface area contributed by atoms with E-state index in [1.807, 2.05) is 13.0 Å². The molecular weight excluding hydrogens is 446 g/mol. The number of nitrogens with one attached hydrogen (secondary N) is 1. The minimum atomic E-state index is -3.64. The average molecular weight is 476 g/mol. The number of hydrogen-bond donors (Lipinski definition) is 1. The molecular formula is C23H29N3O6S. The van der Waals surface area contributed by atoms with Gasteiger partial charge >= 0.3 is 0 Å². The highest BCUT2D eigenvalue weighted by Gasteiger charge is 2.30. The number of amides is 2. The van der Waals surface area contributed by atoms with Crippen LogP contribution in [0.5, 0.6) is 0 Å². The summed E-state index contributed by atoms with van der Waals surface area (Å²) >= 11 is 0. The van der Waals surface area contributed by atoms with E-state index in [0.717, 1.165) is 11.3 Å². The van der Waals surface area contributed by atoms with Crippen molar-refractivity contribution < 1.29 is 27.2 Å². The van der Waals surface area contributed by atoms with Crippen molar-refractivity contribution in [3.63, 3.8) is 0 Å². The number of nitrogens with zero attached hydrogens (tertiary/aromatic N) is 2. The van der Waals surface area contributed by atoms with Gasteiger partial charge in [-0.15, -0.1) is 0 Å². The van der Waals surface area contributed by atoms with Gasteiger partial charge < -0.3 is 19.4 Å². The lowest BCUT2D eigenvalue weighted by Crippen LogP contribution is -2.44. The number of aryl methyl sites for hydroxylation is 1. The molecule has 1 atom stereocenters. The van der Waals surface area contributed by atoms with Crippen LogP contribution in [-0.2, 0) is 37.2 Å². The zero-order chi connectivity index (χ0) is 23.4. The fraction of sp³-hybridized carbons (Fsp3) is 0.478. The minimum Gasteiger partial charge on any atom is -0.469 e. The molecule has 0 radical (unpaired) electrons. The summed E-state index contributed by atoms with van der Waals surface area (Å²) < 4.78 is 38.1. The van der Waals surface area contributed by atoms with Crippen LogP contribution in [0.1, 0.15) is 31.1 Å². The number of furan rings is 1. The second-order valence-electron chi connectivity index (χ2n) is 8.39. The summed E-state index contributed by atoms with van der Waals surface area (Å²) in [6, 6.07) is 8.29. The molecule has 178 valence electrons.